The van der Waals surface area contributed by atoms with Gasteiger partial charge in [0.15, 0.2) is 0 Å². The topological polar surface area (TPSA) is 83.6 Å². The number of carbonyl (C=O) groups excluding carboxylic acids is 2. The van der Waals surface area contributed by atoms with Crippen molar-refractivity contribution in [3.63, 3.8) is 0 Å². The molecule has 3 rings (SSSR count). The molecule has 7 heteroatoms. The minimum Gasteiger partial charge on any atom is -0.378 e. The quantitative estimate of drug-likeness (QED) is 0.881. The standard InChI is InChI=1S/C19H22N4O3/c1-13-16(21-14(2)24)6-3-7-17(13)22-19(25)15-5-4-8-20-18(15)23-9-11-26-12-10-23/h3-8H,9-12H2,1-2H3,(H,21,24)(H,22,25). The number of hydrogen-bond acceptors (Lipinski definition) is 5. The van der Waals surface area contributed by atoms with E-state index in [2.05, 4.69) is 20.5 Å². The summed E-state index contributed by atoms with van der Waals surface area (Å²) in [5, 5.41) is 5.70. The van der Waals surface area contributed by atoms with Crippen LogP contribution in [0.25, 0.3) is 0 Å². The number of anilines is 3. The molecule has 2 aromatic rings. The minimum absolute atomic E-state index is 0.154. The van der Waals surface area contributed by atoms with Gasteiger partial charge in [0.2, 0.25) is 5.91 Å². The lowest BCUT2D eigenvalue weighted by atomic mass is 10.1. The van der Waals surface area contributed by atoms with Gasteiger partial charge in [0.1, 0.15) is 5.82 Å². The molecule has 1 aromatic carbocycles. The fourth-order valence-corrected chi connectivity index (χ4v) is 2.89. The highest BCUT2D eigenvalue weighted by Gasteiger charge is 2.20. The van der Waals surface area contributed by atoms with Crippen LogP contribution in [0.5, 0.6) is 0 Å². The Morgan fingerprint density at radius 2 is 1.77 bits per heavy atom. The van der Waals surface area contributed by atoms with Gasteiger partial charge in [0.05, 0.1) is 18.8 Å². The number of carbonyl (C=O) groups is 2. The number of pyridine rings is 1. The maximum Gasteiger partial charge on any atom is 0.259 e. The summed E-state index contributed by atoms with van der Waals surface area (Å²) in [4.78, 5) is 30.6. The molecule has 0 bridgehead atoms. The van der Waals surface area contributed by atoms with Crippen molar-refractivity contribution in [3.8, 4) is 0 Å². The largest absolute Gasteiger partial charge is 0.378 e. The maximum atomic E-state index is 12.9. The Labute approximate surface area is 152 Å². The molecule has 1 aliphatic heterocycles. The van der Waals surface area contributed by atoms with E-state index in [0.29, 0.717) is 49.1 Å². The molecule has 0 radical (unpaired) electrons. The van der Waals surface area contributed by atoms with E-state index in [4.69, 9.17) is 4.74 Å². The molecule has 2 heterocycles. The second kappa shape index (κ2) is 7.97. The number of amides is 2. The molecule has 1 saturated heterocycles. The number of benzene rings is 1. The highest BCUT2D eigenvalue weighted by atomic mass is 16.5. The van der Waals surface area contributed by atoms with Crippen LogP contribution in [-0.4, -0.2) is 43.1 Å². The molecule has 0 aliphatic carbocycles. The van der Waals surface area contributed by atoms with Crippen LogP contribution in [-0.2, 0) is 9.53 Å². The fraction of sp³-hybridized carbons (Fsp3) is 0.316. The van der Waals surface area contributed by atoms with Gasteiger partial charge in [0.25, 0.3) is 5.91 Å². The zero-order valence-electron chi connectivity index (χ0n) is 14.9. The summed E-state index contributed by atoms with van der Waals surface area (Å²) in [7, 11) is 0. The Kier molecular flexibility index (Phi) is 5.48. The van der Waals surface area contributed by atoms with E-state index >= 15 is 0 Å². The van der Waals surface area contributed by atoms with Crippen molar-refractivity contribution in [2.45, 2.75) is 13.8 Å². The number of ether oxygens (including phenoxy) is 1. The second-order valence-electron chi connectivity index (χ2n) is 6.09. The predicted octanol–water partition coefficient (Wildman–Crippen LogP) is 2.44. The number of hydrogen-bond donors (Lipinski definition) is 2. The van der Waals surface area contributed by atoms with E-state index in [0.717, 1.165) is 5.56 Å². The third-order valence-corrected chi connectivity index (χ3v) is 4.23. The van der Waals surface area contributed by atoms with Crippen LogP contribution >= 0.6 is 0 Å². The van der Waals surface area contributed by atoms with Crippen molar-refractivity contribution in [1.82, 2.24) is 4.98 Å². The van der Waals surface area contributed by atoms with E-state index in [1.807, 2.05) is 13.0 Å². The second-order valence-corrected chi connectivity index (χ2v) is 6.09. The van der Waals surface area contributed by atoms with Gasteiger partial charge in [-0.15, -0.1) is 0 Å². The first-order valence-corrected chi connectivity index (χ1v) is 8.52. The normalized spacial score (nSPS) is 14.0. The van der Waals surface area contributed by atoms with Crippen LogP contribution in [0.2, 0.25) is 0 Å². The summed E-state index contributed by atoms with van der Waals surface area (Å²) in [6.07, 6.45) is 1.68. The van der Waals surface area contributed by atoms with Gasteiger partial charge in [-0.2, -0.15) is 0 Å². The number of rotatable bonds is 4. The van der Waals surface area contributed by atoms with Crippen LogP contribution in [0.3, 0.4) is 0 Å². The van der Waals surface area contributed by atoms with Gasteiger partial charge in [-0.1, -0.05) is 6.07 Å². The molecule has 0 spiro atoms. The van der Waals surface area contributed by atoms with E-state index in [1.165, 1.54) is 6.92 Å². The molecule has 26 heavy (non-hydrogen) atoms. The van der Waals surface area contributed by atoms with E-state index in [-0.39, 0.29) is 11.8 Å². The molecule has 1 aromatic heterocycles. The molecule has 1 aliphatic rings. The first-order valence-electron chi connectivity index (χ1n) is 8.52. The van der Waals surface area contributed by atoms with Crippen molar-refractivity contribution in [3.05, 3.63) is 47.7 Å². The summed E-state index contributed by atoms with van der Waals surface area (Å²) < 4.78 is 5.37. The zero-order chi connectivity index (χ0) is 18.5. The van der Waals surface area contributed by atoms with Crippen molar-refractivity contribution in [1.29, 1.82) is 0 Å². The van der Waals surface area contributed by atoms with Gasteiger partial charge in [-0.05, 0) is 36.8 Å². The lowest BCUT2D eigenvalue weighted by Gasteiger charge is -2.29. The molecule has 2 N–H and O–H groups in total. The molecule has 2 amide bonds. The SMILES string of the molecule is CC(=O)Nc1cccc(NC(=O)c2cccnc2N2CCOCC2)c1C. The lowest BCUT2D eigenvalue weighted by molar-refractivity contribution is -0.114. The monoisotopic (exact) mass is 354 g/mol. The van der Waals surface area contributed by atoms with E-state index in [9.17, 15) is 9.59 Å². The Hall–Kier alpha value is -2.93. The van der Waals surface area contributed by atoms with Crippen LogP contribution in [0.4, 0.5) is 17.2 Å². The van der Waals surface area contributed by atoms with Gasteiger partial charge >= 0.3 is 0 Å². The average Bonchev–Trinajstić information content (AvgIpc) is 2.65. The van der Waals surface area contributed by atoms with Gasteiger partial charge in [-0.25, -0.2) is 4.98 Å². The first-order chi connectivity index (χ1) is 12.6. The van der Waals surface area contributed by atoms with Crippen molar-refractivity contribution >= 4 is 29.0 Å². The zero-order valence-corrected chi connectivity index (χ0v) is 14.9. The van der Waals surface area contributed by atoms with E-state index in [1.54, 1.807) is 30.5 Å². The van der Waals surface area contributed by atoms with Gasteiger partial charge < -0.3 is 20.3 Å². The minimum atomic E-state index is -0.234. The Morgan fingerprint density at radius 3 is 2.46 bits per heavy atom. The maximum absolute atomic E-state index is 12.9. The fourth-order valence-electron chi connectivity index (χ4n) is 2.89. The summed E-state index contributed by atoms with van der Waals surface area (Å²) in [5.74, 6) is 0.269. The smallest absolute Gasteiger partial charge is 0.259 e. The summed E-state index contributed by atoms with van der Waals surface area (Å²) in [6.45, 7) is 5.95. The summed E-state index contributed by atoms with van der Waals surface area (Å²) in [6, 6.07) is 8.92. The molecule has 0 atom stereocenters. The highest BCUT2D eigenvalue weighted by Crippen LogP contribution is 2.25. The van der Waals surface area contributed by atoms with Crippen LogP contribution in [0, 0.1) is 6.92 Å². The molecular weight excluding hydrogens is 332 g/mol. The highest BCUT2D eigenvalue weighted by molar-refractivity contribution is 6.08. The molecule has 0 unspecified atom stereocenters. The Balaban J connectivity index is 1.84. The number of nitrogens with zero attached hydrogens (tertiary/aromatic N) is 2. The summed E-state index contributed by atoms with van der Waals surface area (Å²) >= 11 is 0. The summed E-state index contributed by atoms with van der Waals surface area (Å²) in [5.41, 5.74) is 2.64. The van der Waals surface area contributed by atoms with Gasteiger partial charge in [0, 0.05) is 37.6 Å². The van der Waals surface area contributed by atoms with Crippen molar-refractivity contribution < 1.29 is 14.3 Å². The van der Waals surface area contributed by atoms with Crippen LogP contribution in [0.15, 0.2) is 36.5 Å². The first kappa shape index (κ1) is 17.9. The van der Waals surface area contributed by atoms with Gasteiger partial charge in [-0.3, -0.25) is 9.59 Å². The van der Waals surface area contributed by atoms with E-state index < -0.39 is 0 Å². The molecule has 1 fully saturated rings. The predicted molar refractivity (Wildman–Crippen MR) is 101 cm³/mol. The Bertz CT molecular complexity index is 816. The third kappa shape index (κ3) is 4.00. The molecule has 7 nitrogen and oxygen atoms in total. The van der Waals surface area contributed by atoms with Crippen LogP contribution in [0.1, 0.15) is 22.8 Å². The number of nitrogens with one attached hydrogen (secondary N) is 2. The van der Waals surface area contributed by atoms with Crippen molar-refractivity contribution in [2.75, 3.05) is 41.8 Å². The lowest BCUT2D eigenvalue weighted by Crippen LogP contribution is -2.38. The number of aromatic nitrogens is 1. The molecule has 0 saturated carbocycles. The van der Waals surface area contributed by atoms with Crippen LogP contribution < -0.4 is 15.5 Å². The van der Waals surface area contributed by atoms with Crippen molar-refractivity contribution in [2.24, 2.45) is 0 Å². The molecular formula is C19H22N4O3. The molecule has 136 valence electrons. The Morgan fingerprint density at radius 1 is 1.08 bits per heavy atom. The third-order valence-electron chi connectivity index (χ3n) is 4.23. The number of morpholine rings is 1. The average molecular weight is 354 g/mol.